The van der Waals surface area contributed by atoms with Crippen molar-refractivity contribution in [3.05, 3.63) is 92.8 Å². The molecule has 1 heterocycles. The van der Waals surface area contributed by atoms with Crippen molar-refractivity contribution in [2.75, 3.05) is 20.3 Å². The maximum absolute atomic E-state index is 13.0. The monoisotopic (exact) mass is 594 g/mol. The van der Waals surface area contributed by atoms with Gasteiger partial charge >= 0.3 is 5.97 Å². The van der Waals surface area contributed by atoms with Crippen LogP contribution in [0.2, 0.25) is 0 Å². The van der Waals surface area contributed by atoms with Gasteiger partial charge in [0.1, 0.15) is 6.61 Å². The number of thioether (sulfide) groups is 1. The molecule has 0 radical (unpaired) electrons. The third-order valence-electron chi connectivity index (χ3n) is 5.46. The third-order valence-corrected chi connectivity index (χ3v) is 7.05. The number of rotatable bonds is 9. The van der Waals surface area contributed by atoms with Gasteiger partial charge in [0.2, 0.25) is 0 Å². The second kappa shape index (κ2) is 12.8. The van der Waals surface area contributed by atoms with E-state index in [4.69, 9.17) is 14.2 Å². The van der Waals surface area contributed by atoms with Crippen LogP contribution in [-0.2, 0) is 16.1 Å². The highest BCUT2D eigenvalue weighted by Crippen LogP contribution is 2.35. The number of ether oxygens (including phenoxy) is 3. The van der Waals surface area contributed by atoms with E-state index in [9.17, 15) is 9.59 Å². The molecule has 1 amide bonds. The van der Waals surface area contributed by atoms with Crippen LogP contribution in [0.5, 0.6) is 11.5 Å². The number of hydrogen-bond donors (Lipinski definition) is 0. The number of hydrogen-bond acceptors (Lipinski definition) is 7. The molecule has 3 aromatic carbocycles. The van der Waals surface area contributed by atoms with Crippen LogP contribution >= 0.6 is 27.7 Å². The lowest BCUT2D eigenvalue weighted by Gasteiger charge is -2.13. The second-order valence-electron chi connectivity index (χ2n) is 8.19. The van der Waals surface area contributed by atoms with Crippen molar-refractivity contribution >= 4 is 56.5 Å². The molecule has 0 unspecified atom stereocenters. The fourth-order valence-corrected chi connectivity index (χ4v) is 4.83. The van der Waals surface area contributed by atoms with Crippen LogP contribution in [0.15, 0.2) is 81.1 Å². The molecule has 196 valence electrons. The van der Waals surface area contributed by atoms with Gasteiger partial charge < -0.3 is 14.2 Å². The quantitative estimate of drug-likeness (QED) is 0.199. The Hall–Kier alpha value is -3.56. The Labute approximate surface area is 234 Å². The van der Waals surface area contributed by atoms with Crippen molar-refractivity contribution in [3.8, 4) is 11.5 Å². The summed E-state index contributed by atoms with van der Waals surface area (Å²) in [6.07, 6.45) is 1.81. The third kappa shape index (κ3) is 6.85. The molecular formula is C29H27BrN2O5S. The molecule has 1 aliphatic heterocycles. The molecule has 1 aliphatic rings. The van der Waals surface area contributed by atoms with Crippen molar-refractivity contribution in [2.24, 2.45) is 4.99 Å². The van der Waals surface area contributed by atoms with E-state index >= 15 is 0 Å². The van der Waals surface area contributed by atoms with Gasteiger partial charge in [-0.05, 0) is 85.3 Å². The van der Waals surface area contributed by atoms with Crippen LogP contribution in [0.25, 0.3) is 6.08 Å². The number of amides is 1. The van der Waals surface area contributed by atoms with E-state index < -0.39 is 5.97 Å². The van der Waals surface area contributed by atoms with Crippen molar-refractivity contribution in [2.45, 2.75) is 20.5 Å². The minimum atomic E-state index is -0.409. The van der Waals surface area contributed by atoms with Gasteiger partial charge in [-0.1, -0.05) is 40.2 Å². The normalized spacial score (nSPS) is 15.3. The zero-order valence-corrected chi connectivity index (χ0v) is 23.7. The largest absolute Gasteiger partial charge is 0.490 e. The molecule has 0 bridgehead atoms. The zero-order valence-electron chi connectivity index (χ0n) is 21.3. The number of carbonyl (C=O) groups is 2. The molecule has 0 aliphatic carbocycles. The average molecular weight is 596 g/mol. The molecule has 0 atom stereocenters. The summed E-state index contributed by atoms with van der Waals surface area (Å²) in [5.74, 6) is 0.660. The van der Waals surface area contributed by atoms with Gasteiger partial charge in [0, 0.05) is 11.5 Å². The Morgan fingerprint density at radius 2 is 1.79 bits per heavy atom. The fraction of sp³-hybridized carbons (Fsp3) is 0.207. The number of benzene rings is 3. The molecule has 7 nitrogen and oxygen atoms in total. The number of aliphatic imine (C=N–C) groups is 1. The second-order valence-corrected chi connectivity index (χ2v) is 10.1. The van der Waals surface area contributed by atoms with Gasteiger partial charge in [0.15, 0.2) is 16.7 Å². The highest BCUT2D eigenvalue weighted by atomic mass is 79.9. The molecule has 0 spiro atoms. The summed E-state index contributed by atoms with van der Waals surface area (Å²) in [6, 6.07) is 20.4. The summed E-state index contributed by atoms with van der Waals surface area (Å²) in [5.41, 5.74) is 2.81. The Balaban J connectivity index is 1.53. The van der Waals surface area contributed by atoms with Crippen LogP contribution in [0.1, 0.15) is 35.3 Å². The molecule has 9 heteroatoms. The molecule has 3 aromatic rings. The summed E-state index contributed by atoms with van der Waals surface area (Å²) >= 11 is 4.71. The Morgan fingerprint density at radius 1 is 1.00 bits per heavy atom. The van der Waals surface area contributed by atoms with Crippen LogP contribution in [0, 0.1) is 0 Å². The summed E-state index contributed by atoms with van der Waals surface area (Å²) in [4.78, 5) is 31.6. The molecule has 0 saturated carbocycles. The molecule has 1 saturated heterocycles. The standard InChI is InChI=1S/C29H27BrN2O5S/c1-4-35-25-15-20(11-14-24(25)37-18-19-9-12-22(30)13-10-19)16-26-27(33)32(3)29(38-26)31-23-8-6-7-21(17-23)28(34)36-5-2/h6-17H,4-5,18H2,1-3H3. The Bertz CT molecular complexity index is 1390. The maximum atomic E-state index is 13.0. The van der Waals surface area contributed by atoms with E-state index in [1.165, 1.54) is 16.7 Å². The van der Waals surface area contributed by atoms with E-state index in [1.54, 1.807) is 38.2 Å². The average Bonchev–Trinajstić information content (AvgIpc) is 3.17. The zero-order chi connectivity index (χ0) is 27.1. The summed E-state index contributed by atoms with van der Waals surface area (Å²) in [6.45, 7) is 4.85. The molecule has 0 aromatic heterocycles. The minimum absolute atomic E-state index is 0.163. The van der Waals surface area contributed by atoms with E-state index in [0.717, 1.165) is 15.6 Å². The first-order valence-corrected chi connectivity index (χ1v) is 13.7. The highest BCUT2D eigenvalue weighted by molar-refractivity contribution is 9.10. The van der Waals surface area contributed by atoms with Crippen molar-refractivity contribution in [1.29, 1.82) is 0 Å². The van der Waals surface area contributed by atoms with Gasteiger partial charge in [-0.3, -0.25) is 9.69 Å². The lowest BCUT2D eigenvalue weighted by atomic mass is 10.1. The van der Waals surface area contributed by atoms with Gasteiger partial charge in [0.25, 0.3) is 5.91 Å². The first-order chi connectivity index (χ1) is 18.4. The van der Waals surface area contributed by atoms with E-state index in [1.807, 2.05) is 55.5 Å². The van der Waals surface area contributed by atoms with Gasteiger partial charge in [-0.15, -0.1) is 0 Å². The molecular weight excluding hydrogens is 568 g/mol. The number of likely N-dealkylation sites (N-methyl/N-ethyl adjacent to an activating group) is 1. The van der Waals surface area contributed by atoms with Crippen molar-refractivity contribution in [3.63, 3.8) is 0 Å². The Morgan fingerprint density at radius 3 is 2.53 bits per heavy atom. The molecule has 4 rings (SSSR count). The summed E-state index contributed by atoms with van der Waals surface area (Å²) in [7, 11) is 1.68. The lowest BCUT2D eigenvalue weighted by molar-refractivity contribution is -0.121. The van der Waals surface area contributed by atoms with Gasteiger partial charge in [0.05, 0.1) is 29.4 Å². The number of amidine groups is 1. The van der Waals surface area contributed by atoms with Crippen LogP contribution in [0.3, 0.4) is 0 Å². The van der Waals surface area contributed by atoms with E-state index in [2.05, 4.69) is 20.9 Å². The molecule has 0 N–H and O–H groups in total. The number of halogens is 1. The van der Waals surface area contributed by atoms with Crippen LogP contribution in [-0.4, -0.2) is 42.2 Å². The first-order valence-electron chi connectivity index (χ1n) is 12.1. The molecule has 38 heavy (non-hydrogen) atoms. The van der Waals surface area contributed by atoms with Gasteiger partial charge in [-0.25, -0.2) is 9.79 Å². The van der Waals surface area contributed by atoms with E-state index in [-0.39, 0.29) is 5.91 Å². The van der Waals surface area contributed by atoms with Crippen LogP contribution < -0.4 is 9.47 Å². The lowest BCUT2D eigenvalue weighted by Crippen LogP contribution is -2.23. The topological polar surface area (TPSA) is 77.4 Å². The summed E-state index contributed by atoms with van der Waals surface area (Å²) < 4.78 is 17.9. The van der Waals surface area contributed by atoms with Gasteiger partial charge in [-0.2, -0.15) is 0 Å². The summed E-state index contributed by atoms with van der Waals surface area (Å²) in [5, 5.41) is 0.516. The van der Waals surface area contributed by atoms with E-state index in [0.29, 0.717) is 52.6 Å². The van der Waals surface area contributed by atoms with Crippen molar-refractivity contribution in [1.82, 2.24) is 4.90 Å². The van der Waals surface area contributed by atoms with Crippen molar-refractivity contribution < 1.29 is 23.8 Å². The first kappa shape index (κ1) is 27.5. The minimum Gasteiger partial charge on any atom is -0.490 e. The Kier molecular flexibility index (Phi) is 9.25. The smallest absolute Gasteiger partial charge is 0.338 e. The fourth-order valence-electron chi connectivity index (χ4n) is 3.57. The number of nitrogens with zero attached hydrogens (tertiary/aromatic N) is 2. The molecule has 1 fully saturated rings. The van der Waals surface area contributed by atoms with Crippen LogP contribution in [0.4, 0.5) is 5.69 Å². The number of esters is 1. The predicted molar refractivity (Wildman–Crippen MR) is 154 cm³/mol. The predicted octanol–water partition coefficient (Wildman–Crippen LogP) is 6.84. The maximum Gasteiger partial charge on any atom is 0.338 e. The highest BCUT2D eigenvalue weighted by Gasteiger charge is 2.30. The SMILES string of the molecule is CCOC(=O)c1cccc(N=C2SC(=Cc3ccc(OCc4ccc(Br)cc4)c(OCC)c3)C(=O)N2C)c1. The number of carbonyl (C=O) groups excluding carboxylic acids is 2.